The third kappa shape index (κ3) is 5.72. The molecule has 1 aromatic heterocycles. The summed E-state index contributed by atoms with van der Waals surface area (Å²) in [5.74, 6) is -7.50. The maximum absolute atomic E-state index is 13.7. The van der Waals surface area contributed by atoms with E-state index in [-0.39, 0.29) is 5.56 Å². The first-order valence-electron chi connectivity index (χ1n) is 13.1. The highest BCUT2D eigenvalue weighted by Gasteiger charge is 2.49. The number of rotatable bonds is 7. The molecule has 0 amide bonds. The Morgan fingerprint density at radius 3 is 1.72 bits per heavy atom. The lowest BCUT2D eigenvalue weighted by Crippen LogP contribution is -2.61. The van der Waals surface area contributed by atoms with Crippen molar-refractivity contribution < 1.29 is 89.1 Å². The van der Waals surface area contributed by atoms with E-state index in [0.717, 1.165) is 30.3 Å². The Hall–Kier alpha value is -4.73. The van der Waals surface area contributed by atoms with E-state index in [4.69, 9.17) is 23.4 Å². The summed E-state index contributed by atoms with van der Waals surface area (Å²) < 4.78 is 26.8. The highest BCUT2D eigenvalue weighted by Crippen LogP contribution is 2.40. The van der Waals surface area contributed by atoms with Gasteiger partial charge < -0.3 is 79.5 Å². The standard InChI is InChI=1S/C27H26O19/c28-8-2-1-6(3-9(8)29)20-21(44-27-19(37)15(33)17(35)23(46-27)25(40)41)13(31)12-10(30)4-7(5-11(12)43-20)42-26-18(36)14(32)16(34)22(45-26)24(38)39/h1-5,14-19,22-23,26-30,32-37H,(H,38,39)(H,40,41)/t14-,15+,16-,17+,18+,19-,22+,23+,26-,27-/m0/s1. The van der Waals surface area contributed by atoms with Gasteiger partial charge in [-0.2, -0.15) is 0 Å². The predicted molar refractivity (Wildman–Crippen MR) is 143 cm³/mol. The summed E-state index contributed by atoms with van der Waals surface area (Å²) in [6, 6.07) is 4.79. The molecule has 0 radical (unpaired) electrons. The van der Waals surface area contributed by atoms with E-state index >= 15 is 0 Å². The van der Waals surface area contributed by atoms with Gasteiger partial charge in [-0.15, -0.1) is 0 Å². The first-order chi connectivity index (χ1) is 21.6. The smallest absolute Gasteiger partial charge is 0.335 e. The normalized spacial score (nSPS) is 31.3. The summed E-state index contributed by atoms with van der Waals surface area (Å²) >= 11 is 0. The van der Waals surface area contributed by atoms with Gasteiger partial charge in [-0.3, -0.25) is 4.79 Å². The van der Waals surface area contributed by atoms with E-state index in [0.29, 0.717) is 0 Å². The molecule has 11 N–H and O–H groups in total. The average Bonchev–Trinajstić information content (AvgIpc) is 2.99. The Kier molecular flexibility index (Phi) is 8.68. The number of aromatic hydroxyl groups is 3. The molecular formula is C27H26O19. The summed E-state index contributed by atoms with van der Waals surface area (Å²) in [6.07, 6.45) is -20.6. The number of aliphatic carboxylic acids is 2. The molecule has 0 spiro atoms. The number of carbonyl (C=O) groups is 2. The summed E-state index contributed by atoms with van der Waals surface area (Å²) in [5.41, 5.74) is -1.86. The monoisotopic (exact) mass is 654 g/mol. The topological polar surface area (TPSA) is 324 Å². The van der Waals surface area contributed by atoms with Crippen LogP contribution in [-0.4, -0.2) is 130 Å². The fraction of sp³-hybridized carbons (Fsp3) is 0.370. The quantitative estimate of drug-likeness (QED) is 0.114. The molecule has 0 aliphatic carbocycles. The van der Waals surface area contributed by atoms with Crippen molar-refractivity contribution >= 4 is 22.9 Å². The number of hydrogen-bond donors (Lipinski definition) is 11. The van der Waals surface area contributed by atoms with Gasteiger partial charge in [-0.1, -0.05) is 0 Å². The molecule has 2 saturated heterocycles. The van der Waals surface area contributed by atoms with Gasteiger partial charge in [0.2, 0.25) is 23.8 Å². The van der Waals surface area contributed by atoms with Crippen molar-refractivity contribution in [3.05, 3.63) is 40.6 Å². The number of benzene rings is 2. The number of hydrogen-bond acceptors (Lipinski definition) is 17. The number of aliphatic hydroxyl groups is 6. The van der Waals surface area contributed by atoms with Crippen LogP contribution in [0.2, 0.25) is 0 Å². The summed E-state index contributed by atoms with van der Waals surface area (Å²) in [6.45, 7) is 0. The van der Waals surface area contributed by atoms with Crippen LogP contribution in [0, 0.1) is 0 Å². The number of carboxylic acid groups (broad SMARTS) is 2. The molecule has 2 fully saturated rings. The number of ether oxygens (including phenoxy) is 4. The Bertz CT molecular complexity index is 1720. The first kappa shape index (κ1) is 32.7. The molecule has 2 aromatic carbocycles. The van der Waals surface area contributed by atoms with Crippen molar-refractivity contribution in [1.29, 1.82) is 0 Å². The largest absolute Gasteiger partial charge is 0.507 e. The lowest BCUT2D eigenvalue weighted by atomic mass is 9.99. The van der Waals surface area contributed by atoms with Gasteiger partial charge in [0.15, 0.2) is 29.5 Å². The van der Waals surface area contributed by atoms with Crippen LogP contribution in [0.3, 0.4) is 0 Å². The van der Waals surface area contributed by atoms with E-state index in [2.05, 4.69) is 0 Å². The summed E-state index contributed by atoms with van der Waals surface area (Å²) in [4.78, 5) is 36.7. The van der Waals surface area contributed by atoms with Gasteiger partial charge in [0.1, 0.15) is 59.1 Å². The number of phenols is 3. The minimum atomic E-state index is -2.13. The summed E-state index contributed by atoms with van der Waals surface area (Å²) in [5, 5.41) is 109. The second-order valence-electron chi connectivity index (χ2n) is 10.3. The minimum Gasteiger partial charge on any atom is -0.507 e. The van der Waals surface area contributed by atoms with Gasteiger partial charge in [-0.05, 0) is 18.2 Å². The van der Waals surface area contributed by atoms with Crippen LogP contribution in [0.1, 0.15) is 0 Å². The Morgan fingerprint density at radius 1 is 0.652 bits per heavy atom. The van der Waals surface area contributed by atoms with Crippen molar-refractivity contribution in [2.45, 2.75) is 61.4 Å². The second kappa shape index (κ2) is 12.2. The third-order valence-corrected chi connectivity index (χ3v) is 7.26. The Morgan fingerprint density at radius 2 is 1.20 bits per heavy atom. The molecule has 5 rings (SSSR count). The molecule has 0 unspecified atom stereocenters. The van der Waals surface area contributed by atoms with Crippen molar-refractivity contribution in [1.82, 2.24) is 0 Å². The second-order valence-corrected chi connectivity index (χ2v) is 10.3. The zero-order valence-corrected chi connectivity index (χ0v) is 22.8. The van der Waals surface area contributed by atoms with Gasteiger partial charge in [0.25, 0.3) is 0 Å². The zero-order chi connectivity index (χ0) is 33.8. The van der Waals surface area contributed by atoms with Crippen LogP contribution in [0.4, 0.5) is 0 Å². The van der Waals surface area contributed by atoms with Crippen LogP contribution in [0.25, 0.3) is 22.3 Å². The molecule has 46 heavy (non-hydrogen) atoms. The maximum Gasteiger partial charge on any atom is 0.335 e. The van der Waals surface area contributed by atoms with Crippen molar-refractivity contribution in [2.24, 2.45) is 0 Å². The molecule has 3 aromatic rings. The Labute approximate surface area is 254 Å². The number of phenolic OH excluding ortho intramolecular Hbond substituents is 3. The number of fused-ring (bicyclic) bond motifs is 1. The molecule has 248 valence electrons. The van der Waals surface area contributed by atoms with Crippen molar-refractivity contribution in [3.63, 3.8) is 0 Å². The van der Waals surface area contributed by atoms with Crippen molar-refractivity contribution in [2.75, 3.05) is 0 Å². The molecule has 0 bridgehead atoms. The predicted octanol–water partition coefficient (Wildman–Crippen LogP) is -2.88. The molecule has 19 nitrogen and oxygen atoms in total. The van der Waals surface area contributed by atoms with Gasteiger partial charge in [0.05, 0.1) is 0 Å². The van der Waals surface area contributed by atoms with E-state index < -0.39 is 124 Å². The molecule has 10 atom stereocenters. The van der Waals surface area contributed by atoms with Crippen LogP contribution in [0.15, 0.2) is 39.5 Å². The van der Waals surface area contributed by atoms with E-state index in [1.165, 1.54) is 0 Å². The first-order valence-corrected chi connectivity index (χ1v) is 13.1. The number of carboxylic acids is 2. The lowest BCUT2D eigenvalue weighted by Gasteiger charge is -2.38. The third-order valence-electron chi connectivity index (χ3n) is 7.26. The zero-order valence-electron chi connectivity index (χ0n) is 22.8. The minimum absolute atomic E-state index is 0.178. The lowest BCUT2D eigenvalue weighted by molar-refractivity contribution is -0.271. The molecular weight excluding hydrogens is 628 g/mol. The van der Waals surface area contributed by atoms with Gasteiger partial charge in [-0.25, -0.2) is 9.59 Å². The molecule has 2 aliphatic rings. The van der Waals surface area contributed by atoms with E-state index in [9.17, 15) is 70.6 Å². The molecule has 0 saturated carbocycles. The highest BCUT2D eigenvalue weighted by molar-refractivity contribution is 5.88. The van der Waals surface area contributed by atoms with Crippen LogP contribution in [-0.2, 0) is 19.1 Å². The fourth-order valence-electron chi connectivity index (χ4n) is 4.84. The molecule has 19 heteroatoms. The SMILES string of the molecule is O=C(O)[C@@H]1O[C@H](Oc2c(-c3ccc(O)c(O)c3)oc3cc(O[C@H]4O[C@@H](C(=O)O)[C@@H](O)[C@H](O)[C@H]4O)cc(O)c3c2=O)[C@@H](O)[C@H](O)[C@H]1O. The fourth-order valence-corrected chi connectivity index (χ4v) is 4.84. The van der Waals surface area contributed by atoms with Crippen LogP contribution in [0.5, 0.6) is 28.7 Å². The van der Waals surface area contributed by atoms with E-state index in [1.54, 1.807) is 0 Å². The number of aliphatic hydroxyl groups excluding tert-OH is 6. The Balaban J connectivity index is 1.61. The van der Waals surface area contributed by atoms with Gasteiger partial charge in [0, 0.05) is 17.7 Å². The van der Waals surface area contributed by atoms with E-state index in [1.807, 2.05) is 0 Å². The summed E-state index contributed by atoms with van der Waals surface area (Å²) in [7, 11) is 0. The highest BCUT2D eigenvalue weighted by atomic mass is 16.7. The van der Waals surface area contributed by atoms with Gasteiger partial charge >= 0.3 is 11.9 Å². The molecule has 2 aliphatic heterocycles. The van der Waals surface area contributed by atoms with Crippen LogP contribution >= 0.6 is 0 Å². The average molecular weight is 654 g/mol. The van der Waals surface area contributed by atoms with Crippen LogP contribution < -0.4 is 14.9 Å². The van der Waals surface area contributed by atoms with Crippen molar-refractivity contribution in [3.8, 4) is 40.1 Å². The molecule has 3 heterocycles. The maximum atomic E-state index is 13.7.